The zero-order chi connectivity index (χ0) is 7.84. The predicted molar refractivity (Wildman–Crippen MR) is 47.4 cm³/mol. The Morgan fingerprint density at radius 1 is 1.64 bits per heavy atom. The number of hydrogen-bond donors (Lipinski definition) is 0. The highest BCUT2D eigenvalue weighted by Gasteiger charge is 2.17. The zero-order valence-electron chi connectivity index (χ0n) is 6.54. The summed E-state index contributed by atoms with van der Waals surface area (Å²) in [6, 6.07) is 2.05. The van der Waals surface area contributed by atoms with Crippen LogP contribution >= 0.6 is 0 Å². The minimum atomic E-state index is 0.969. The molecule has 0 unspecified atom stereocenters. The standard InChI is InChI=1S/C8H9BN2/c1-6-8-4-10-3-2-7(8)5-11(6)9/h2-4H,1,5,9H2. The highest BCUT2D eigenvalue weighted by molar-refractivity contribution is 6.10. The van der Waals surface area contributed by atoms with Crippen LogP contribution < -0.4 is 0 Å². The topological polar surface area (TPSA) is 16.1 Å². The molecule has 3 heteroatoms. The third kappa shape index (κ3) is 0.844. The Balaban J connectivity index is 2.55. The van der Waals surface area contributed by atoms with Crippen LogP contribution in [0.15, 0.2) is 25.0 Å². The monoisotopic (exact) mass is 144 g/mol. The zero-order valence-corrected chi connectivity index (χ0v) is 6.54. The summed E-state index contributed by atoms with van der Waals surface area (Å²) in [5.41, 5.74) is 3.59. The van der Waals surface area contributed by atoms with Gasteiger partial charge >= 0.3 is 0 Å². The van der Waals surface area contributed by atoms with E-state index in [-0.39, 0.29) is 0 Å². The summed E-state index contributed by atoms with van der Waals surface area (Å²) in [7, 11) is 2.04. The maximum Gasteiger partial charge on any atom is 0.217 e. The molecule has 0 radical (unpaired) electrons. The van der Waals surface area contributed by atoms with Crippen LogP contribution in [0.4, 0.5) is 0 Å². The quantitative estimate of drug-likeness (QED) is 0.490. The van der Waals surface area contributed by atoms with Gasteiger partial charge in [-0.25, -0.2) is 0 Å². The van der Waals surface area contributed by atoms with E-state index in [9.17, 15) is 0 Å². The van der Waals surface area contributed by atoms with Gasteiger partial charge < -0.3 is 4.81 Å². The molecular weight excluding hydrogens is 135 g/mol. The van der Waals surface area contributed by atoms with Crippen molar-refractivity contribution in [2.45, 2.75) is 6.54 Å². The number of aromatic nitrogens is 1. The van der Waals surface area contributed by atoms with E-state index in [0.29, 0.717) is 0 Å². The summed E-state index contributed by atoms with van der Waals surface area (Å²) < 4.78 is 0. The summed E-state index contributed by atoms with van der Waals surface area (Å²) in [6.45, 7) is 4.93. The Kier molecular flexibility index (Phi) is 1.25. The van der Waals surface area contributed by atoms with Crippen molar-refractivity contribution >= 4 is 13.7 Å². The molecule has 0 bridgehead atoms. The molecule has 1 aliphatic heterocycles. The lowest BCUT2D eigenvalue weighted by Crippen LogP contribution is -2.08. The van der Waals surface area contributed by atoms with Crippen molar-refractivity contribution < 1.29 is 0 Å². The molecule has 2 rings (SSSR count). The van der Waals surface area contributed by atoms with Crippen LogP contribution in [0.25, 0.3) is 5.70 Å². The fourth-order valence-electron chi connectivity index (χ4n) is 1.38. The largest absolute Gasteiger partial charge is 0.418 e. The molecule has 0 aromatic carbocycles. The Morgan fingerprint density at radius 3 is 3.18 bits per heavy atom. The van der Waals surface area contributed by atoms with Gasteiger partial charge in [0.05, 0.1) is 0 Å². The molecule has 1 aliphatic rings. The molecule has 0 fully saturated rings. The molecule has 0 N–H and O–H groups in total. The van der Waals surface area contributed by atoms with Crippen LogP contribution in [-0.2, 0) is 6.54 Å². The van der Waals surface area contributed by atoms with Crippen LogP contribution in [0, 0.1) is 0 Å². The van der Waals surface area contributed by atoms with Crippen molar-refractivity contribution in [3.05, 3.63) is 36.2 Å². The Morgan fingerprint density at radius 2 is 2.45 bits per heavy atom. The third-order valence-electron chi connectivity index (χ3n) is 2.09. The maximum absolute atomic E-state index is 4.05. The Hall–Kier alpha value is -1.25. The number of hydrogen-bond acceptors (Lipinski definition) is 2. The molecule has 11 heavy (non-hydrogen) atoms. The van der Waals surface area contributed by atoms with Gasteiger partial charge in [0, 0.05) is 30.2 Å². The van der Waals surface area contributed by atoms with E-state index < -0.39 is 0 Å². The first kappa shape index (κ1) is 6.46. The van der Waals surface area contributed by atoms with E-state index >= 15 is 0 Å². The highest BCUT2D eigenvalue weighted by Crippen LogP contribution is 2.27. The van der Waals surface area contributed by atoms with Gasteiger partial charge in [0.25, 0.3) is 0 Å². The second-order valence-corrected chi connectivity index (χ2v) is 2.84. The summed E-state index contributed by atoms with van der Waals surface area (Å²) >= 11 is 0. The van der Waals surface area contributed by atoms with E-state index in [4.69, 9.17) is 0 Å². The lowest BCUT2D eigenvalue weighted by molar-refractivity contribution is 0.659. The van der Waals surface area contributed by atoms with Crippen molar-refractivity contribution in [1.82, 2.24) is 9.79 Å². The summed E-state index contributed by atoms with van der Waals surface area (Å²) in [6.07, 6.45) is 3.70. The van der Waals surface area contributed by atoms with Crippen LogP contribution in [0.2, 0.25) is 0 Å². The van der Waals surface area contributed by atoms with Gasteiger partial charge in [-0.2, -0.15) is 0 Å². The van der Waals surface area contributed by atoms with Gasteiger partial charge in [0.1, 0.15) is 0 Å². The second-order valence-electron chi connectivity index (χ2n) is 2.84. The summed E-state index contributed by atoms with van der Waals surface area (Å²) in [5, 5.41) is 0. The third-order valence-corrected chi connectivity index (χ3v) is 2.09. The van der Waals surface area contributed by atoms with Gasteiger partial charge in [-0.3, -0.25) is 4.98 Å². The van der Waals surface area contributed by atoms with E-state index in [2.05, 4.69) is 16.4 Å². The lowest BCUT2D eigenvalue weighted by atomic mass is 10.2. The number of pyridine rings is 1. The van der Waals surface area contributed by atoms with Gasteiger partial charge in [0.2, 0.25) is 7.98 Å². The average molecular weight is 144 g/mol. The SMILES string of the molecule is BN1Cc2ccncc2C1=C. The van der Waals surface area contributed by atoms with Crippen LogP contribution in [0.1, 0.15) is 11.1 Å². The molecule has 0 spiro atoms. The van der Waals surface area contributed by atoms with Gasteiger partial charge in [-0.1, -0.05) is 6.58 Å². The molecule has 1 aromatic rings. The molecule has 1 aromatic heterocycles. The predicted octanol–water partition coefficient (Wildman–Crippen LogP) is 0.416. The van der Waals surface area contributed by atoms with Crippen molar-refractivity contribution in [2.75, 3.05) is 0 Å². The van der Waals surface area contributed by atoms with Gasteiger partial charge in [-0.15, -0.1) is 0 Å². The van der Waals surface area contributed by atoms with Gasteiger partial charge in [-0.05, 0) is 11.6 Å². The number of rotatable bonds is 0. The first-order valence-corrected chi connectivity index (χ1v) is 3.62. The highest BCUT2D eigenvalue weighted by atomic mass is 15.1. The molecule has 0 atom stereocenters. The van der Waals surface area contributed by atoms with Crippen LogP contribution in [0.5, 0.6) is 0 Å². The van der Waals surface area contributed by atoms with Crippen molar-refractivity contribution in [3.63, 3.8) is 0 Å². The van der Waals surface area contributed by atoms with E-state index in [1.54, 1.807) is 0 Å². The number of fused-ring (bicyclic) bond motifs is 1. The summed E-state index contributed by atoms with van der Waals surface area (Å²) in [5.74, 6) is 0. The normalized spacial score (nSPS) is 15.3. The van der Waals surface area contributed by atoms with E-state index in [1.165, 1.54) is 11.1 Å². The lowest BCUT2D eigenvalue weighted by Gasteiger charge is -2.10. The molecular formula is C8H9BN2. The first-order valence-electron chi connectivity index (χ1n) is 3.62. The fourth-order valence-corrected chi connectivity index (χ4v) is 1.38. The smallest absolute Gasteiger partial charge is 0.217 e. The summed E-state index contributed by atoms with van der Waals surface area (Å²) in [4.78, 5) is 6.18. The maximum atomic E-state index is 4.05. The molecule has 0 amide bonds. The molecule has 54 valence electrons. The van der Waals surface area contributed by atoms with E-state index in [0.717, 1.165) is 12.2 Å². The Labute approximate surface area is 67.0 Å². The van der Waals surface area contributed by atoms with Crippen molar-refractivity contribution in [1.29, 1.82) is 0 Å². The van der Waals surface area contributed by atoms with Crippen LogP contribution in [-0.4, -0.2) is 17.8 Å². The van der Waals surface area contributed by atoms with Crippen molar-refractivity contribution in [3.8, 4) is 0 Å². The average Bonchev–Trinajstić information content (AvgIpc) is 2.30. The van der Waals surface area contributed by atoms with E-state index in [1.807, 2.05) is 26.4 Å². The van der Waals surface area contributed by atoms with Gasteiger partial charge in [0.15, 0.2) is 0 Å². The minimum absolute atomic E-state index is 0.969. The molecule has 0 aliphatic carbocycles. The second kappa shape index (κ2) is 2.12. The Bertz CT molecular complexity index is 309. The van der Waals surface area contributed by atoms with Crippen LogP contribution in [0.3, 0.4) is 0 Å². The molecule has 0 saturated heterocycles. The molecule has 0 saturated carbocycles. The molecule has 2 heterocycles. The first-order chi connectivity index (χ1) is 5.29. The van der Waals surface area contributed by atoms with Crippen molar-refractivity contribution in [2.24, 2.45) is 0 Å². The fraction of sp³-hybridized carbons (Fsp3) is 0.125. The number of nitrogens with zero attached hydrogens (tertiary/aromatic N) is 2. The molecule has 2 nitrogen and oxygen atoms in total. The minimum Gasteiger partial charge on any atom is -0.418 e.